The molecule has 4 aliphatic rings. The fraction of sp³-hybridized carbons (Fsp3) is 0.615. The van der Waals surface area contributed by atoms with Crippen LogP contribution < -0.4 is 9.64 Å². The molecule has 0 bridgehead atoms. The summed E-state index contributed by atoms with van der Waals surface area (Å²) in [7, 11) is 4.39. The smallest absolute Gasteiger partial charge is 0.318 e. The van der Waals surface area contributed by atoms with Crippen LogP contribution in [0.4, 0.5) is 5.82 Å². The molecule has 0 N–H and O–H groups in total. The third kappa shape index (κ3) is 4.11. The molecule has 0 saturated carbocycles. The molecule has 2 fully saturated rings. The van der Waals surface area contributed by atoms with Gasteiger partial charge in [-0.05, 0) is 57.5 Å². The van der Waals surface area contributed by atoms with Crippen LogP contribution in [0.15, 0.2) is 24.3 Å². The molecular weight excluding hydrogens is 412 g/mol. The average molecular weight is 449 g/mol. The Morgan fingerprint density at radius 1 is 0.970 bits per heavy atom. The van der Waals surface area contributed by atoms with Gasteiger partial charge in [0.05, 0.1) is 5.69 Å². The lowest BCUT2D eigenvalue weighted by Gasteiger charge is -2.34. The number of aromatic nitrogens is 2. The highest BCUT2D eigenvalue weighted by Crippen LogP contribution is 2.41. The van der Waals surface area contributed by atoms with E-state index in [2.05, 4.69) is 58.0 Å². The van der Waals surface area contributed by atoms with E-state index in [-0.39, 0.29) is 0 Å². The van der Waals surface area contributed by atoms with Gasteiger partial charge in [-0.1, -0.05) is 24.3 Å². The number of likely N-dealkylation sites (N-methyl/N-ethyl adjacent to an activating group) is 2. The van der Waals surface area contributed by atoms with Gasteiger partial charge in [-0.3, -0.25) is 4.90 Å². The number of aryl methyl sites for hydroxylation is 1. The van der Waals surface area contributed by atoms with Crippen molar-refractivity contribution in [2.45, 2.75) is 50.9 Å². The Hall–Kier alpha value is -2.22. The van der Waals surface area contributed by atoms with Crippen molar-refractivity contribution < 1.29 is 4.74 Å². The summed E-state index contributed by atoms with van der Waals surface area (Å²) in [6.45, 7) is 7.82. The lowest BCUT2D eigenvalue weighted by atomic mass is 10.1. The zero-order valence-electron chi connectivity index (χ0n) is 20.0. The number of fused-ring (bicyclic) bond motifs is 2. The van der Waals surface area contributed by atoms with Crippen LogP contribution in [0.1, 0.15) is 47.7 Å². The second kappa shape index (κ2) is 8.85. The molecule has 33 heavy (non-hydrogen) atoms. The minimum Gasteiger partial charge on any atom is -0.462 e. The van der Waals surface area contributed by atoms with Crippen molar-refractivity contribution in [1.29, 1.82) is 0 Å². The predicted octanol–water partition coefficient (Wildman–Crippen LogP) is 2.70. The summed E-state index contributed by atoms with van der Waals surface area (Å²) < 4.78 is 6.24. The minimum absolute atomic E-state index is 0.473. The van der Waals surface area contributed by atoms with Crippen LogP contribution in [0.3, 0.4) is 0 Å². The monoisotopic (exact) mass is 448 g/mol. The highest BCUT2D eigenvalue weighted by molar-refractivity contribution is 5.52. The van der Waals surface area contributed by atoms with Gasteiger partial charge in [0.25, 0.3) is 0 Å². The van der Waals surface area contributed by atoms with E-state index in [9.17, 15) is 0 Å². The number of hydrogen-bond acceptors (Lipinski definition) is 7. The summed E-state index contributed by atoms with van der Waals surface area (Å²) in [4.78, 5) is 19.8. The van der Waals surface area contributed by atoms with Crippen molar-refractivity contribution in [3.63, 3.8) is 0 Å². The number of benzene rings is 1. The summed E-state index contributed by atoms with van der Waals surface area (Å²) in [5.41, 5.74) is 5.49. The second-order valence-corrected chi connectivity index (χ2v) is 10.3. The SMILES string of the molecule is CN1CCN(c2nc(OC[C@@H]3CCCN3C)nc3c2CN(C2CCc4ccccc42)C3)CC1. The van der Waals surface area contributed by atoms with Crippen molar-refractivity contribution in [3.8, 4) is 6.01 Å². The normalized spacial score (nSPS) is 26.1. The van der Waals surface area contributed by atoms with Crippen molar-refractivity contribution in [2.24, 2.45) is 0 Å². The molecule has 0 radical (unpaired) electrons. The number of rotatable bonds is 5. The first kappa shape index (κ1) is 21.3. The van der Waals surface area contributed by atoms with Crippen LogP contribution >= 0.6 is 0 Å². The van der Waals surface area contributed by atoms with Gasteiger partial charge in [0, 0.05) is 56.9 Å². The number of anilines is 1. The molecule has 7 heteroatoms. The molecule has 1 aromatic carbocycles. The lowest BCUT2D eigenvalue weighted by Crippen LogP contribution is -2.45. The quantitative estimate of drug-likeness (QED) is 0.697. The largest absolute Gasteiger partial charge is 0.462 e. The van der Waals surface area contributed by atoms with E-state index >= 15 is 0 Å². The van der Waals surface area contributed by atoms with E-state index in [0.717, 1.165) is 57.3 Å². The van der Waals surface area contributed by atoms with Crippen LogP contribution in [-0.2, 0) is 19.5 Å². The van der Waals surface area contributed by atoms with E-state index in [1.165, 1.54) is 42.4 Å². The predicted molar refractivity (Wildman–Crippen MR) is 130 cm³/mol. The Labute approximate surface area is 197 Å². The first-order valence-corrected chi connectivity index (χ1v) is 12.6. The summed E-state index contributed by atoms with van der Waals surface area (Å²) >= 11 is 0. The fourth-order valence-corrected chi connectivity index (χ4v) is 6.08. The number of hydrogen-bond donors (Lipinski definition) is 0. The highest BCUT2D eigenvalue weighted by atomic mass is 16.5. The Morgan fingerprint density at radius 2 is 1.82 bits per heavy atom. The van der Waals surface area contributed by atoms with Crippen molar-refractivity contribution in [3.05, 3.63) is 46.6 Å². The molecule has 2 atom stereocenters. The molecule has 1 unspecified atom stereocenters. The van der Waals surface area contributed by atoms with Gasteiger partial charge in [0.15, 0.2) is 0 Å². The van der Waals surface area contributed by atoms with E-state index < -0.39 is 0 Å². The third-order valence-electron chi connectivity index (χ3n) is 8.19. The van der Waals surface area contributed by atoms with E-state index in [1.54, 1.807) is 0 Å². The van der Waals surface area contributed by atoms with Crippen molar-refractivity contribution in [1.82, 2.24) is 24.7 Å². The van der Waals surface area contributed by atoms with Crippen LogP contribution in [0.2, 0.25) is 0 Å². The maximum Gasteiger partial charge on any atom is 0.318 e. The first-order valence-electron chi connectivity index (χ1n) is 12.6. The molecule has 1 aliphatic carbocycles. The van der Waals surface area contributed by atoms with Gasteiger partial charge in [-0.2, -0.15) is 9.97 Å². The maximum absolute atomic E-state index is 6.24. The summed E-state index contributed by atoms with van der Waals surface area (Å²) in [6, 6.07) is 10.5. The third-order valence-corrected chi connectivity index (χ3v) is 8.19. The Balaban J connectivity index is 1.27. The van der Waals surface area contributed by atoms with E-state index in [0.29, 0.717) is 24.7 Å². The highest BCUT2D eigenvalue weighted by Gasteiger charge is 2.35. The minimum atomic E-state index is 0.473. The van der Waals surface area contributed by atoms with E-state index in [1.807, 2.05) is 0 Å². The topological polar surface area (TPSA) is 48.0 Å². The summed E-state index contributed by atoms with van der Waals surface area (Å²) in [5, 5.41) is 0. The molecule has 1 aromatic heterocycles. The zero-order valence-corrected chi connectivity index (χ0v) is 20.0. The average Bonchev–Trinajstić information content (AvgIpc) is 3.55. The summed E-state index contributed by atoms with van der Waals surface area (Å²) in [5.74, 6) is 1.11. The van der Waals surface area contributed by atoms with Crippen molar-refractivity contribution >= 4 is 5.82 Å². The zero-order chi connectivity index (χ0) is 22.4. The molecule has 0 amide bonds. The fourth-order valence-electron chi connectivity index (χ4n) is 6.08. The van der Waals surface area contributed by atoms with Gasteiger partial charge in [0.2, 0.25) is 0 Å². The molecule has 0 spiro atoms. The number of nitrogens with zero attached hydrogens (tertiary/aromatic N) is 6. The molecule has 6 rings (SSSR count). The molecule has 4 heterocycles. The van der Waals surface area contributed by atoms with Gasteiger partial charge in [-0.25, -0.2) is 0 Å². The van der Waals surface area contributed by atoms with Crippen LogP contribution in [0, 0.1) is 0 Å². The Bertz CT molecular complexity index is 1000. The van der Waals surface area contributed by atoms with Gasteiger partial charge < -0.3 is 19.4 Å². The Morgan fingerprint density at radius 3 is 2.64 bits per heavy atom. The molecule has 7 nitrogen and oxygen atoms in total. The summed E-state index contributed by atoms with van der Waals surface area (Å²) in [6.07, 6.45) is 4.82. The molecule has 2 saturated heterocycles. The second-order valence-electron chi connectivity index (χ2n) is 10.3. The van der Waals surface area contributed by atoms with Gasteiger partial charge in [-0.15, -0.1) is 0 Å². The van der Waals surface area contributed by atoms with Crippen LogP contribution in [-0.4, -0.2) is 84.1 Å². The number of likely N-dealkylation sites (tertiary alicyclic amines) is 1. The van der Waals surface area contributed by atoms with Crippen LogP contribution in [0.25, 0.3) is 0 Å². The Kier molecular flexibility index (Phi) is 5.72. The standard InChI is InChI=1S/C26H36N6O/c1-29-12-14-31(15-13-29)25-22-16-32(24-10-9-19-6-3-4-8-21(19)24)17-23(22)27-26(28-25)33-18-20-7-5-11-30(20)2/h3-4,6,8,20,24H,5,7,9-18H2,1-2H3/t20-,24?/m0/s1. The molecule has 3 aliphatic heterocycles. The first-order chi connectivity index (χ1) is 16.2. The van der Waals surface area contributed by atoms with Crippen molar-refractivity contribution in [2.75, 3.05) is 58.3 Å². The lowest BCUT2D eigenvalue weighted by molar-refractivity contribution is 0.186. The number of piperazine rings is 1. The maximum atomic E-state index is 6.24. The van der Waals surface area contributed by atoms with E-state index in [4.69, 9.17) is 14.7 Å². The molecule has 2 aromatic rings. The number of ether oxygens (including phenoxy) is 1. The van der Waals surface area contributed by atoms with Crippen LogP contribution in [0.5, 0.6) is 6.01 Å². The molecular formula is C26H36N6O. The molecule has 176 valence electrons. The van der Waals surface area contributed by atoms with Gasteiger partial charge in [0.1, 0.15) is 12.4 Å². The van der Waals surface area contributed by atoms with Gasteiger partial charge >= 0.3 is 6.01 Å².